The minimum atomic E-state index is -1.54. The third-order valence-corrected chi connectivity index (χ3v) is 1.61. The van der Waals surface area contributed by atoms with Crippen molar-refractivity contribution in [2.45, 2.75) is 0 Å². The molecule has 4 nitrogen and oxygen atoms in total. The van der Waals surface area contributed by atoms with Gasteiger partial charge in [-0.2, -0.15) is 4.39 Å². The molecule has 0 amide bonds. The van der Waals surface area contributed by atoms with E-state index in [0.717, 1.165) is 12.1 Å². The zero-order valence-electron chi connectivity index (χ0n) is 7.79. The van der Waals surface area contributed by atoms with Crippen molar-refractivity contribution in [3.8, 4) is 5.75 Å². The van der Waals surface area contributed by atoms with E-state index in [9.17, 15) is 13.6 Å². The second kappa shape index (κ2) is 4.70. The minimum absolute atomic E-state index is 0.247. The summed E-state index contributed by atoms with van der Waals surface area (Å²) in [4.78, 5) is 10.4. The highest BCUT2D eigenvalue weighted by Crippen LogP contribution is 2.22. The molecule has 1 rings (SSSR count). The van der Waals surface area contributed by atoms with Crippen LogP contribution in [0.25, 0.3) is 0 Å². The lowest BCUT2D eigenvalue weighted by molar-refractivity contribution is 0.0476. The molecule has 0 aliphatic carbocycles. The molecule has 82 valence electrons. The Morgan fingerprint density at radius 3 is 2.60 bits per heavy atom. The van der Waals surface area contributed by atoms with Gasteiger partial charge in [0.15, 0.2) is 18.4 Å². The van der Waals surface area contributed by atoms with Gasteiger partial charge in [-0.05, 0) is 12.1 Å². The normalized spacial score (nSPS) is 10.1. The van der Waals surface area contributed by atoms with Gasteiger partial charge in [0.2, 0.25) is 5.82 Å². The predicted molar refractivity (Wildman–Crippen MR) is 45.8 cm³/mol. The van der Waals surface area contributed by atoms with Crippen molar-refractivity contribution < 1.29 is 28.2 Å². The fraction of sp³-hybridized carbons (Fsp3) is 0.222. The van der Waals surface area contributed by atoms with Crippen LogP contribution >= 0.6 is 0 Å². The molecule has 0 spiro atoms. The van der Waals surface area contributed by atoms with Crippen LogP contribution in [-0.4, -0.2) is 25.0 Å². The molecule has 0 unspecified atom stereocenters. The summed E-state index contributed by atoms with van der Waals surface area (Å²) in [7, 11) is 1.32. The lowest BCUT2D eigenvalue weighted by Gasteiger charge is -2.07. The van der Waals surface area contributed by atoms with Crippen molar-refractivity contribution in [2.75, 3.05) is 13.9 Å². The number of carboxylic acid groups (broad SMARTS) is 1. The van der Waals surface area contributed by atoms with Crippen LogP contribution in [0.4, 0.5) is 8.78 Å². The van der Waals surface area contributed by atoms with Crippen LogP contribution in [0.5, 0.6) is 5.75 Å². The first-order valence-corrected chi connectivity index (χ1v) is 3.91. The number of hydrogen-bond donors (Lipinski definition) is 1. The van der Waals surface area contributed by atoms with E-state index in [1.165, 1.54) is 7.11 Å². The number of hydrogen-bond acceptors (Lipinski definition) is 3. The van der Waals surface area contributed by atoms with Crippen molar-refractivity contribution in [3.05, 3.63) is 29.3 Å². The zero-order chi connectivity index (χ0) is 11.4. The average molecular weight is 218 g/mol. The number of carbonyl (C=O) groups is 1. The largest absolute Gasteiger partial charge is 0.478 e. The Balaban J connectivity index is 3.04. The lowest BCUT2D eigenvalue weighted by atomic mass is 10.2. The topological polar surface area (TPSA) is 55.8 Å². The van der Waals surface area contributed by atoms with E-state index in [4.69, 9.17) is 5.11 Å². The summed E-state index contributed by atoms with van der Waals surface area (Å²) < 4.78 is 35.4. The molecule has 15 heavy (non-hydrogen) atoms. The fourth-order valence-corrected chi connectivity index (χ4v) is 0.931. The number of carboxylic acids is 1. The SMILES string of the molecule is COCOc1ccc(C(=O)O)c(F)c1F. The third-order valence-electron chi connectivity index (χ3n) is 1.61. The molecule has 0 aliphatic heterocycles. The van der Waals surface area contributed by atoms with E-state index in [1.54, 1.807) is 0 Å². The second-order valence-corrected chi connectivity index (χ2v) is 2.60. The van der Waals surface area contributed by atoms with Gasteiger partial charge in [0.05, 0.1) is 5.56 Å². The lowest BCUT2D eigenvalue weighted by Crippen LogP contribution is -2.06. The second-order valence-electron chi connectivity index (χ2n) is 2.60. The molecular weight excluding hydrogens is 210 g/mol. The first-order valence-electron chi connectivity index (χ1n) is 3.91. The number of rotatable bonds is 4. The first kappa shape index (κ1) is 11.4. The van der Waals surface area contributed by atoms with Crippen LogP contribution in [0.15, 0.2) is 12.1 Å². The Morgan fingerprint density at radius 1 is 1.40 bits per heavy atom. The van der Waals surface area contributed by atoms with Crippen molar-refractivity contribution in [1.29, 1.82) is 0 Å². The molecule has 0 atom stereocenters. The molecular formula is C9H8F2O4. The van der Waals surface area contributed by atoms with Crippen molar-refractivity contribution in [2.24, 2.45) is 0 Å². The van der Waals surface area contributed by atoms with E-state index in [0.29, 0.717) is 0 Å². The molecule has 0 aliphatic rings. The molecule has 1 N–H and O–H groups in total. The molecule has 0 radical (unpaired) electrons. The summed E-state index contributed by atoms with van der Waals surface area (Å²) >= 11 is 0. The number of aromatic carboxylic acids is 1. The highest BCUT2D eigenvalue weighted by molar-refractivity contribution is 5.88. The van der Waals surface area contributed by atoms with E-state index in [-0.39, 0.29) is 12.5 Å². The third kappa shape index (κ3) is 2.41. The molecule has 1 aromatic carbocycles. The zero-order valence-corrected chi connectivity index (χ0v) is 7.79. The first-order chi connectivity index (χ1) is 7.07. The van der Waals surface area contributed by atoms with E-state index >= 15 is 0 Å². The predicted octanol–water partition coefficient (Wildman–Crippen LogP) is 1.65. The minimum Gasteiger partial charge on any atom is -0.478 e. The molecule has 0 saturated carbocycles. The Hall–Kier alpha value is -1.69. The van der Waals surface area contributed by atoms with E-state index < -0.39 is 23.2 Å². The van der Waals surface area contributed by atoms with Crippen LogP contribution in [0.1, 0.15) is 10.4 Å². The van der Waals surface area contributed by atoms with Crippen LogP contribution < -0.4 is 4.74 Å². The maximum Gasteiger partial charge on any atom is 0.338 e. The number of halogens is 2. The molecule has 6 heteroatoms. The highest BCUT2D eigenvalue weighted by atomic mass is 19.2. The van der Waals surface area contributed by atoms with Gasteiger partial charge in [-0.1, -0.05) is 0 Å². The van der Waals surface area contributed by atoms with Crippen LogP contribution in [0.3, 0.4) is 0 Å². The summed E-state index contributed by atoms with van der Waals surface area (Å²) in [6.45, 7) is -0.247. The van der Waals surface area contributed by atoms with Crippen LogP contribution in [0, 0.1) is 11.6 Å². The molecule has 0 bridgehead atoms. The van der Waals surface area contributed by atoms with Gasteiger partial charge in [0, 0.05) is 7.11 Å². The summed E-state index contributed by atoms with van der Waals surface area (Å²) in [5.41, 5.74) is -0.739. The van der Waals surface area contributed by atoms with Gasteiger partial charge in [-0.25, -0.2) is 9.18 Å². The molecule has 0 heterocycles. The molecule has 1 aromatic rings. The Labute approximate surface area is 84.0 Å². The van der Waals surface area contributed by atoms with Gasteiger partial charge < -0.3 is 14.6 Å². The number of ether oxygens (including phenoxy) is 2. The molecule has 0 saturated heterocycles. The Kier molecular flexibility index (Phi) is 3.56. The maximum atomic E-state index is 13.1. The number of benzene rings is 1. The van der Waals surface area contributed by atoms with Crippen molar-refractivity contribution >= 4 is 5.97 Å². The van der Waals surface area contributed by atoms with Crippen LogP contribution in [-0.2, 0) is 4.74 Å². The maximum absolute atomic E-state index is 13.1. The summed E-state index contributed by atoms with van der Waals surface area (Å²) in [6.07, 6.45) is 0. The fourth-order valence-electron chi connectivity index (χ4n) is 0.931. The van der Waals surface area contributed by atoms with Crippen LogP contribution in [0.2, 0.25) is 0 Å². The quantitative estimate of drug-likeness (QED) is 0.780. The molecule has 0 fully saturated rings. The van der Waals surface area contributed by atoms with Crippen molar-refractivity contribution in [1.82, 2.24) is 0 Å². The van der Waals surface area contributed by atoms with E-state index in [1.807, 2.05) is 0 Å². The van der Waals surface area contributed by atoms with Gasteiger partial charge in [0.1, 0.15) is 0 Å². The van der Waals surface area contributed by atoms with Gasteiger partial charge in [-0.3, -0.25) is 0 Å². The Morgan fingerprint density at radius 2 is 2.07 bits per heavy atom. The van der Waals surface area contributed by atoms with Gasteiger partial charge in [-0.15, -0.1) is 0 Å². The monoisotopic (exact) mass is 218 g/mol. The number of methoxy groups -OCH3 is 1. The summed E-state index contributed by atoms with van der Waals surface area (Å²) in [5.74, 6) is -4.72. The van der Waals surface area contributed by atoms with Gasteiger partial charge >= 0.3 is 5.97 Å². The summed E-state index contributed by atoms with van der Waals surface area (Å²) in [5, 5.41) is 8.48. The Bertz CT molecular complexity index is 379. The summed E-state index contributed by atoms with van der Waals surface area (Å²) in [6, 6.07) is 1.95. The van der Waals surface area contributed by atoms with E-state index in [2.05, 4.69) is 9.47 Å². The van der Waals surface area contributed by atoms with Crippen molar-refractivity contribution in [3.63, 3.8) is 0 Å². The van der Waals surface area contributed by atoms with Gasteiger partial charge in [0.25, 0.3) is 0 Å². The highest BCUT2D eigenvalue weighted by Gasteiger charge is 2.18. The molecule has 0 aromatic heterocycles. The smallest absolute Gasteiger partial charge is 0.338 e. The standard InChI is InChI=1S/C9H8F2O4/c1-14-4-15-6-3-2-5(9(12)13)7(10)8(6)11/h2-3H,4H2,1H3,(H,12,13). The average Bonchev–Trinajstić information content (AvgIpc) is 2.20.